The van der Waals surface area contributed by atoms with Crippen LogP contribution >= 0.6 is 45.9 Å². The van der Waals surface area contributed by atoms with Crippen molar-refractivity contribution in [2.45, 2.75) is 31.3 Å². The lowest BCUT2D eigenvalue weighted by Crippen LogP contribution is -2.47. The molecule has 0 spiro atoms. The molecule has 3 heterocycles. The Hall–Kier alpha value is -1.86. The highest BCUT2D eigenvalue weighted by molar-refractivity contribution is 7.12. The number of amides is 2. The van der Waals surface area contributed by atoms with Crippen LogP contribution in [0.15, 0.2) is 47.2 Å². The predicted molar refractivity (Wildman–Crippen MR) is 126 cm³/mol. The summed E-state index contributed by atoms with van der Waals surface area (Å²) < 4.78 is 0. The van der Waals surface area contributed by atoms with E-state index in [4.69, 9.17) is 23.2 Å². The van der Waals surface area contributed by atoms with Gasteiger partial charge in [0.15, 0.2) is 0 Å². The molecular formula is C23H20Cl2N2O2S2. The van der Waals surface area contributed by atoms with Crippen molar-refractivity contribution in [3.8, 4) is 0 Å². The first-order valence-electron chi connectivity index (χ1n) is 10.2. The first-order chi connectivity index (χ1) is 15.0. The Labute approximate surface area is 199 Å². The Kier molecular flexibility index (Phi) is 5.82. The molecule has 4 nitrogen and oxygen atoms in total. The second kappa shape index (κ2) is 8.58. The van der Waals surface area contributed by atoms with E-state index in [9.17, 15) is 9.59 Å². The van der Waals surface area contributed by atoms with Crippen LogP contribution in [0.5, 0.6) is 0 Å². The molecule has 0 N–H and O–H groups in total. The molecule has 2 aliphatic rings. The van der Waals surface area contributed by atoms with E-state index in [0.29, 0.717) is 21.5 Å². The number of thiophene rings is 2. The summed E-state index contributed by atoms with van der Waals surface area (Å²) in [5, 5.41) is 5.06. The molecule has 2 aromatic heterocycles. The van der Waals surface area contributed by atoms with Crippen molar-refractivity contribution in [3.63, 3.8) is 0 Å². The maximum atomic E-state index is 13.6. The Bertz CT molecular complexity index is 1120. The van der Waals surface area contributed by atoms with Crippen molar-refractivity contribution >= 4 is 57.7 Å². The van der Waals surface area contributed by atoms with Crippen molar-refractivity contribution in [1.82, 2.24) is 9.80 Å². The quantitative estimate of drug-likeness (QED) is 0.446. The molecule has 0 saturated heterocycles. The van der Waals surface area contributed by atoms with Gasteiger partial charge in [-0.3, -0.25) is 9.59 Å². The Morgan fingerprint density at radius 3 is 2.61 bits per heavy atom. The van der Waals surface area contributed by atoms with Gasteiger partial charge >= 0.3 is 0 Å². The third-order valence-electron chi connectivity index (χ3n) is 5.83. The highest BCUT2D eigenvalue weighted by Crippen LogP contribution is 2.41. The summed E-state index contributed by atoms with van der Waals surface area (Å²) in [7, 11) is 0. The fourth-order valence-corrected chi connectivity index (χ4v) is 6.27. The van der Waals surface area contributed by atoms with Crippen LogP contribution in [-0.2, 0) is 11.2 Å². The maximum Gasteiger partial charge on any atom is 0.264 e. The van der Waals surface area contributed by atoms with Crippen LogP contribution in [0.3, 0.4) is 0 Å². The summed E-state index contributed by atoms with van der Waals surface area (Å²) in [4.78, 5) is 32.2. The summed E-state index contributed by atoms with van der Waals surface area (Å²) >= 11 is 15.8. The van der Waals surface area contributed by atoms with Gasteiger partial charge in [0, 0.05) is 27.5 Å². The number of hydrogen-bond donors (Lipinski definition) is 0. The third kappa shape index (κ3) is 4.14. The zero-order valence-corrected chi connectivity index (χ0v) is 19.7. The monoisotopic (exact) mass is 490 g/mol. The topological polar surface area (TPSA) is 40.6 Å². The number of hydrogen-bond acceptors (Lipinski definition) is 4. The smallest absolute Gasteiger partial charge is 0.264 e. The number of fused-ring (bicyclic) bond motifs is 1. The van der Waals surface area contributed by atoms with E-state index in [1.54, 1.807) is 22.3 Å². The van der Waals surface area contributed by atoms with Crippen molar-refractivity contribution in [2.24, 2.45) is 0 Å². The fraction of sp³-hybridized carbons (Fsp3) is 0.304. The summed E-state index contributed by atoms with van der Waals surface area (Å²) in [6, 6.07) is 11.1. The molecule has 1 fully saturated rings. The van der Waals surface area contributed by atoms with Crippen LogP contribution in [0.1, 0.15) is 44.6 Å². The average molecular weight is 491 g/mol. The number of rotatable bonds is 5. The zero-order valence-electron chi connectivity index (χ0n) is 16.6. The van der Waals surface area contributed by atoms with Crippen LogP contribution < -0.4 is 0 Å². The number of nitrogens with zero attached hydrogens (tertiary/aromatic N) is 2. The molecule has 2 amide bonds. The van der Waals surface area contributed by atoms with Crippen molar-refractivity contribution in [1.29, 1.82) is 0 Å². The third-order valence-corrected chi connectivity index (χ3v) is 8.25. The molecule has 1 aromatic carbocycles. The van der Waals surface area contributed by atoms with Gasteiger partial charge in [-0.25, -0.2) is 0 Å². The van der Waals surface area contributed by atoms with Gasteiger partial charge in [-0.15, -0.1) is 22.7 Å². The highest BCUT2D eigenvalue weighted by Gasteiger charge is 2.39. The molecule has 160 valence electrons. The molecule has 5 rings (SSSR count). The lowest BCUT2D eigenvalue weighted by atomic mass is 9.93. The number of carbonyl (C=O) groups is 2. The van der Waals surface area contributed by atoms with E-state index < -0.39 is 0 Å². The molecule has 1 atom stereocenters. The minimum atomic E-state index is -0.273. The predicted octanol–water partition coefficient (Wildman–Crippen LogP) is 5.90. The largest absolute Gasteiger partial charge is 0.330 e. The van der Waals surface area contributed by atoms with E-state index in [2.05, 4.69) is 11.4 Å². The first kappa shape index (κ1) is 21.0. The molecule has 1 unspecified atom stereocenters. The summed E-state index contributed by atoms with van der Waals surface area (Å²) in [6.45, 7) is 0.685. The lowest BCUT2D eigenvalue weighted by Gasteiger charge is -2.38. The lowest BCUT2D eigenvalue weighted by molar-refractivity contribution is -0.134. The Balaban J connectivity index is 1.46. The van der Waals surface area contributed by atoms with E-state index in [0.717, 1.165) is 30.4 Å². The molecular weight excluding hydrogens is 471 g/mol. The van der Waals surface area contributed by atoms with Gasteiger partial charge in [0.25, 0.3) is 5.91 Å². The van der Waals surface area contributed by atoms with E-state index in [1.807, 2.05) is 34.5 Å². The number of carbonyl (C=O) groups excluding carboxylic acids is 2. The molecule has 0 radical (unpaired) electrons. The molecule has 0 bridgehead atoms. The SMILES string of the molecule is O=C(c1cccs1)N(CC(=O)N1CCc2sccc2C1c1ccc(Cl)cc1Cl)C1CC1. The second-order valence-electron chi connectivity index (χ2n) is 7.85. The summed E-state index contributed by atoms with van der Waals surface area (Å²) in [5.74, 6) is -0.107. The standard InChI is InChI=1S/C23H20Cl2N2O2S2/c24-14-3-6-16(18(25)12-14)22-17-8-11-31-19(17)7-9-26(22)21(28)13-27(15-4-5-15)23(29)20-2-1-10-30-20/h1-3,6,8,10-12,15,22H,4-5,7,9,13H2. The maximum absolute atomic E-state index is 13.6. The van der Waals surface area contributed by atoms with Crippen LogP contribution in [0.25, 0.3) is 0 Å². The first-order valence-corrected chi connectivity index (χ1v) is 12.7. The molecule has 1 aliphatic heterocycles. The Morgan fingerprint density at radius 1 is 1.06 bits per heavy atom. The minimum absolute atomic E-state index is 0.0512. The van der Waals surface area contributed by atoms with Gasteiger partial charge in [0.2, 0.25) is 5.91 Å². The van der Waals surface area contributed by atoms with Gasteiger partial charge in [-0.05, 0) is 65.4 Å². The van der Waals surface area contributed by atoms with Crippen molar-refractivity contribution in [3.05, 3.63) is 78.1 Å². The van der Waals surface area contributed by atoms with Gasteiger partial charge in [-0.1, -0.05) is 35.3 Å². The van der Waals surface area contributed by atoms with Crippen molar-refractivity contribution in [2.75, 3.05) is 13.1 Å². The van der Waals surface area contributed by atoms with Gasteiger partial charge in [0.05, 0.1) is 10.9 Å². The summed E-state index contributed by atoms with van der Waals surface area (Å²) in [5.41, 5.74) is 1.97. The van der Waals surface area contributed by atoms with E-state index in [1.165, 1.54) is 16.2 Å². The van der Waals surface area contributed by atoms with E-state index >= 15 is 0 Å². The average Bonchev–Trinajstić information content (AvgIpc) is 3.24. The van der Waals surface area contributed by atoms with Crippen molar-refractivity contribution < 1.29 is 9.59 Å². The van der Waals surface area contributed by atoms with Gasteiger partial charge in [-0.2, -0.15) is 0 Å². The molecule has 8 heteroatoms. The van der Waals surface area contributed by atoms with Crippen LogP contribution in [0.2, 0.25) is 10.0 Å². The Morgan fingerprint density at radius 2 is 1.90 bits per heavy atom. The molecule has 31 heavy (non-hydrogen) atoms. The molecule has 1 saturated carbocycles. The zero-order chi connectivity index (χ0) is 21.5. The fourth-order valence-electron chi connectivity index (χ4n) is 4.17. The van der Waals surface area contributed by atoms with Crippen LogP contribution in [0.4, 0.5) is 0 Å². The minimum Gasteiger partial charge on any atom is -0.330 e. The number of halogens is 2. The van der Waals surface area contributed by atoms with Crippen LogP contribution in [-0.4, -0.2) is 40.7 Å². The van der Waals surface area contributed by atoms with E-state index in [-0.39, 0.29) is 30.4 Å². The molecule has 1 aliphatic carbocycles. The van der Waals surface area contributed by atoms with Gasteiger partial charge < -0.3 is 9.80 Å². The number of benzene rings is 1. The highest BCUT2D eigenvalue weighted by atomic mass is 35.5. The summed E-state index contributed by atoms with van der Waals surface area (Å²) in [6.07, 6.45) is 2.71. The normalized spacial score (nSPS) is 18.0. The van der Waals surface area contributed by atoms with Crippen LogP contribution in [0, 0.1) is 0 Å². The second-order valence-corrected chi connectivity index (χ2v) is 10.6. The van der Waals surface area contributed by atoms with Gasteiger partial charge in [0.1, 0.15) is 6.54 Å². The molecule has 3 aromatic rings.